The Labute approximate surface area is 132 Å². The number of hydrogen-bond acceptors (Lipinski definition) is 3. The van der Waals surface area contributed by atoms with Crippen molar-refractivity contribution in [1.29, 1.82) is 0 Å². The highest BCUT2D eigenvalue weighted by Crippen LogP contribution is 2.23. The second-order valence-corrected chi connectivity index (χ2v) is 4.40. The van der Waals surface area contributed by atoms with Crippen LogP contribution < -0.4 is 10.3 Å². The van der Waals surface area contributed by atoms with Crippen LogP contribution in [0.5, 0.6) is 5.75 Å². The molecule has 0 saturated heterocycles. The largest absolute Gasteiger partial charge is 0.494 e. The molecule has 3 rings (SSSR count). The molecule has 0 spiro atoms. The van der Waals surface area contributed by atoms with Crippen molar-refractivity contribution in [1.82, 2.24) is 9.38 Å². The minimum Gasteiger partial charge on any atom is -0.494 e. The average molecular weight is 318 g/mol. The molecule has 0 radical (unpaired) electrons. The number of ether oxygens (including phenoxy) is 1. The van der Waals surface area contributed by atoms with Gasteiger partial charge in [-0.3, -0.25) is 9.20 Å². The number of hydrogen-bond donors (Lipinski definition) is 0. The van der Waals surface area contributed by atoms with Crippen LogP contribution in [-0.2, 0) is 0 Å². The molecule has 0 atom stereocenters. The molecular formula is C17H16F2N2O2. The Kier molecular flexibility index (Phi) is 5.05. The third-order valence-corrected chi connectivity index (χ3v) is 3.07. The van der Waals surface area contributed by atoms with Gasteiger partial charge >= 0.3 is 0 Å². The zero-order chi connectivity index (χ0) is 17.0. The molecule has 0 amide bonds. The minimum absolute atomic E-state index is 0.110. The second-order valence-electron chi connectivity index (χ2n) is 4.40. The predicted octanol–water partition coefficient (Wildman–Crippen LogP) is 3.67. The predicted molar refractivity (Wildman–Crippen MR) is 84.7 cm³/mol. The van der Waals surface area contributed by atoms with E-state index in [-0.39, 0.29) is 11.4 Å². The van der Waals surface area contributed by atoms with Crippen molar-refractivity contribution in [2.24, 2.45) is 0 Å². The molecule has 0 aliphatic rings. The molecule has 4 nitrogen and oxygen atoms in total. The second kappa shape index (κ2) is 7.00. The molecule has 2 heterocycles. The Hall–Kier alpha value is -2.76. The van der Waals surface area contributed by atoms with Crippen molar-refractivity contribution in [2.45, 2.75) is 13.8 Å². The van der Waals surface area contributed by atoms with Crippen LogP contribution in [0.15, 0.2) is 47.4 Å². The van der Waals surface area contributed by atoms with Crippen molar-refractivity contribution >= 4 is 5.65 Å². The summed E-state index contributed by atoms with van der Waals surface area (Å²) >= 11 is 0. The van der Waals surface area contributed by atoms with Crippen molar-refractivity contribution in [3.63, 3.8) is 0 Å². The van der Waals surface area contributed by atoms with E-state index in [4.69, 9.17) is 4.74 Å². The van der Waals surface area contributed by atoms with Gasteiger partial charge in [0.05, 0.1) is 12.8 Å². The van der Waals surface area contributed by atoms with Crippen LogP contribution in [0.3, 0.4) is 0 Å². The molecule has 0 fully saturated rings. The average Bonchev–Trinajstić information content (AvgIpc) is 2.57. The molecule has 120 valence electrons. The van der Waals surface area contributed by atoms with E-state index in [0.29, 0.717) is 11.3 Å². The number of methoxy groups -OCH3 is 1. The lowest BCUT2D eigenvalue weighted by atomic mass is 10.1. The molecule has 6 heteroatoms. The number of aromatic nitrogens is 2. The first-order valence-electron chi connectivity index (χ1n) is 7.11. The lowest BCUT2D eigenvalue weighted by molar-refractivity contribution is 0.386. The molecule has 0 N–H and O–H groups in total. The number of halogens is 2. The smallest absolute Gasteiger partial charge is 0.258 e. The van der Waals surface area contributed by atoms with E-state index in [1.165, 1.54) is 37.4 Å². The first-order valence-corrected chi connectivity index (χ1v) is 7.11. The number of rotatable bonds is 2. The summed E-state index contributed by atoms with van der Waals surface area (Å²) in [6, 6.07) is 8.12. The molecule has 1 aromatic carbocycles. The Morgan fingerprint density at radius 1 is 1.09 bits per heavy atom. The van der Waals surface area contributed by atoms with Gasteiger partial charge in [-0.1, -0.05) is 13.8 Å². The van der Waals surface area contributed by atoms with Gasteiger partial charge in [0.15, 0.2) is 11.6 Å². The summed E-state index contributed by atoms with van der Waals surface area (Å²) in [6.07, 6.45) is 1.06. The Bertz CT molecular complexity index is 891. The van der Waals surface area contributed by atoms with Gasteiger partial charge in [0.25, 0.3) is 5.56 Å². The molecular weight excluding hydrogens is 302 g/mol. The molecule has 0 aliphatic carbocycles. The lowest BCUT2D eigenvalue weighted by Crippen LogP contribution is -2.14. The maximum absolute atomic E-state index is 13.7. The summed E-state index contributed by atoms with van der Waals surface area (Å²) in [5.41, 5.74) is 0.603. The first-order chi connectivity index (χ1) is 11.1. The third-order valence-electron chi connectivity index (χ3n) is 3.07. The summed E-state index contributed by atoms with van der Waals surface area (Å²) in [6.45, 7) is 4.00. The van der Waals surface area contributed by atoms with E-state index < -0.39 is 17.2 Å². The van der Waals surface area contributed by atoms with Gasteiger partial charge < -0.3 is 4.74 Å². The van der Waals surface area contributed by atoms with Crippen LogP contribution in [0.25, 0.3) is 16.9 Å². The standard InChI is InChI=1S/C15H10F2N2O2.C2H6/c1-21-13-4-2-9(6-11(13)17)12-7-15(20)19-8-10(16)3-5-14(19)18-12;1-2/h2-8H,1H3;1-2H3. The van der Waals surface area contributed by atoms with Gasteiger partial charge in [0, 0.05) is 17.8 Å². The van der Waals surface area contributed by atoms with E-state index in [1.54, 1.807) is 6.07 Å². The van der Waals surface area contributed by atoms with Crippen LogP contribution in [0, 0.1) is 11.6 Å². The topological polar surface area (TPSA) is 43.6 Å². The van der Waals surface area contributed by atoms with Gasteiger partial charge in [0.1, 0.15) is 11.5 Å². The molecule has 2 aromatic heterocycles. The van der Waals surface area contributed by atoms with Gasteiger partial charge in [-0.15, -0.1) is 0 Å². The SMILES string of the molecule is CC.COc1ccc(-c2cc(=O)n3cc(F)ccc3n2)cc1F. The van der Waals surface area contributed by atoms with Crippen LogP contribution in [0.1, 0.15) is 13.8 Å². The first kappa shape index (κ1) is 16.6. The van der Waals surface area contributed by atoms with Gasteiger partial charge in [-0.2, -0.15) is 0 Å². The molecule has 0 bridgehead atoms. The highest BCUT2D eigenvalue weighted by Gasteiger charge is 2.09. The Morgan fingerprint density at radius 3 is 2.48 bits per heavy atom. The van der Waals surface area contributed by atoms with Crippen molar-refractivity contribution < 1.29 is 13.5 Å². The lowest BCUT2D eigenvalue weighted by Gasteiger charge is -2.06. The van der Waals surface area contributed by atoms with E-state index in [0.717, 1.165) is 10.6 Å². The summed E-state index contributed by atoms with van der Waals surface area (Å²) < 4.78 is 32.8. The number of pyridine rings is 1. The monoisotopic (exact) mass is 318 g/mol. The van der Waals surface area contributed by atoms with Crippen molar-refractivity contribution in [3.05, 3.63) is 64.6 Å². The normalized spacial score (nSPS) is 10.1. The minimum atomic E-state index is -0.545. The zero-order valence-electron chi connectivity index (χ0n) is 13.0. The maximum Gasteiger partial charge on any atom is 0.258 e. The molecule has 23 heavy (non-hydrogen) atoms. The number of benzene rings is 1. The Balaban J connectivity index is 0.000000924. The summed E-state index contributed by atoms with van der Waals surface area (Å²) in [5, 5.41) is 0. The third kappa shape index (κ3) is 3.36. The highest BCUT2D eigenvalue weighted by atomic mass is 19.1. The van der Waals surface area contributed by atoms with Crippen LogP contribution in [0.4, 0.5) is 8.78 Å². The number of nitrogens with zero attached hydrogens (tertiary/aromatic N) is 2. The fourth-order valence-corrected chi connectivity index (χ4v) is 2.05. The van der Waals surface area contributed by atoms with Gasteiger partial charge in [-0.05, 0) is 30.3 Å². The Morgan fingerprint density at radius 2 is 1.83 bits per heavy atom. The van der Waals surface area contributed by atoms with Crippen molar-refractivity contribution in [2.75, 3.05) is 7.11 Å². The summed E-state index contributed by atoms with van der Waals surface area (Å²) in [5.74, 6) is -0.968. The summed E-state index contributed by atoms with van der Waals surface area (Å²) in [4.78, 5) is 16.2. The molecule has 0 saturated carbocycles. The fourth-order valence-electron chi connectivity index (χ4n) is 2.05. The van der Waals surface area contributed by atoms with Gasteiger partial charge in [0.2, 0.25) is 0 Å². The number of fused-ring (bicyclic) bond motifs is 1. The van der Waals surface area contributed by atoms with E-state index in [1.807, 2.05) is 13.8 Å². The van der Waals surface area contributed by atoms with Gasteiger partial charge in [-0.25, -0.2) is 13.8 Å². The van der Waals surface area contributed by atoms with E-state index in [9.17, 15) is 13.6 Å². The van der Waals surface area contributed by atoms with Crippen LogP contribution in [-0.4, -0.2) is 16.5 Å². The van der Waals surface area contributed by atoms with E-state index in [2.05, 4.69) is 4.98 Å². The quantitative estimate of drug-likeness (QED) is 0.724. The van der Waals surface area contributed by atoms with Crippen molar-refractivity contribution in [3.8, 4) is 17.0 Å². The molecule has 0 unspecified atom stereocenters. The molecule has 3 aromatic rings. The van der Waals surface area contributed by atoms with E-state index >= 15 is 0 Å². The zero-order valence-corrected chi connectivity index (χ0v) is 13.0. The maximum atomic E-state index is 13.7. The fraction of sp³-hybridized carbons (Fsp3) is 0.176. The molecule has 0 aliphatic heterocycles. The highest BCUT2D eigenvalue weighted by molar-refractivity contribution is 5.62. The van der Waals surface area contributed by atoms with Crippen LogP contribution in [0.2, 0.25) is 0 Å². The summed E-state index contributed by atoms with van der Waals surface area (Å²) in [7, 11) is 1.37. The van der Waals surface area contributed by atoms with Crippen LogP contribution >= 0.6 is 0 Å².